The monoisotopic (exact) mass is 522 g/mol. The molecule has 1 aromatic heterocycles. The van der Waals surface area contributed by atoms with E-state index in [0.29, 0.717) is 25.8 Å². The molecule has 1 heterocycles. The lowest BCUT2D eigenvalue weighted by molar-refractivity contribution is 0.0768. The molecule has 0 amide bonds. The third-order valence-corrected chi connectivity index (χ3v) is 13.3. The Balaban J connectivity index is 2.02. The van der Waals surface area contributed by atoms with E-state index in [1.165, 1.54) is 10.4 Å². The smallest absolute Gasteiger partial charge is 0.261 e. The highest BCUT2D eigenvalue weighted by molar-refractivity contribution is 6.99. The molecule has 0 saturated heterocycles. The number of ether oxygens (including phenoxy) is 1. The van der Waals surface area contributed by atoms with Crippen molar-refractivity contribution in [3.8, 4) is 0 Å². The van der Waals surface area contributed by atoms with Gasteiger partial charge in [0.1, 0.15) is 6.73 Å². The van der Waals surface area contributed by atoms with Crippen molar-refractivity contribution in [2.45, 2.75) is 78.7 Å². The average molecular weight is 523 g/mol. The van der Waals surface area contributed by atoms with Crippen molar-refractivity contribution < 1.29 is 14.0 Å². The van der Waals surface area contributed by atoms with Gasteiger partial charge >= 0.3 is 0 Å². The van der Waals surface area contributed by atoms with E-state index in [1.807, 2.05) is 23.6 Å². The van der Waals surface area contributed by atoms with Crippen molar-refractivity contribution >= 4 is 32.5 Å². The first-order valence-electron chi connectivity index (χ1n) is 12.8. The first-order chi connectivity index (χ1) is 16.9. The van der Waals surface area contributed by atoms with Crippen LogP contribution in [-0.4, -0.2) is 38.3 Å². The minimum Gasteiger partial charge on any atom is -0.402 e. The second kappa shape index (κ2) is 11.4. The van der Waals surface area contributed by atoms with Crippen molar-refractivity contribution in [1.82, 2.24) is 9.55 Å². The molecule has 36 heavy (non-hydrogen) atoms. The molecule has 0 aliphatic rings. The molecule has 194 valence electrons. The molecule has 0 unspecified atom stereocenters. The van der Waals surface area contributed by atoms with Crippen LogP contribution in [0.25, 0.3) is 0 Å². The summed E-state index contributed by atoms with van der Waals surface area (Å²) >= 11 is 0. The fourth-order valence-corrected chi connectivity index (χ4v) is 9.93. The van der Waals surface area contributed by atoms with E-state index in [4.69, 9.17) is 9.16 Å². The zero-order valence-corrected chi connectivity index (χ0v) is 25.2. The predicted octanol–water partition coefficient (Wildman–Crippen LogP) is 5.78. The number of benzene rings is 2. The number of nitrogens with zero attached hydrogens (tertiary/aromatic N) is 2. The minimum absolute atomic E-state index is 0.0661. The molecule has 0 saturated carbocycles. The van der Waals surface area contributed by atoms with Crippen LogP contribution in [-0.2, 0) is 22.5 Å². The van der Waals surface area contributed by atoms with Gasteiger partial charge in [0.2, 0.25) is 0 Å². The van der Waals surface area contributed by atoms with E-state index < -0.39 is 16.4 Å². The molecule has 5 nitrogen and oxygen atoms in total. The maximum atomic E-state index is 12.5. The summed E-state index contributed by atoms with van der Waals surface area (Å²) < 4.78 is 15.1. The molecule has 0 bridgehead atoms. The highest BCUT2D eigenvalue weighted by Gasteiger charge is 2.50. The van der Waals surface area contributed by atoms with Crippen LogP contribution in [0.1, 0.15) is 49.7 Å². The van der Waals surface area contributed by atoms with Crippen molar-refractivity contribution in [3.63, 3.8) is 0 Å². The summed E-state index contributed by atoms with van der Waals surface area (Å²) in [6.45, 7) is 18.7. The van der Waals surface area contributed by atoms with Crippen LogP contribution < -0.4 is 10.4 Å². The van der Waals surface area contributed by atoms with Crippen LogP contribution in [0.4, 0.5) is 0 Å². The Morgan fingerprint density at radius 2 is 1.47 bits per heavy atom. The molecule has 7 heteroatoms. The van der Waals surface area contributed by atoms with E-state index in [1.54, 1.807) is 6.92 Å². The molecule has 0 aliphatic heterocycles. The SMILES string of the molecule is CC(=O)c1nc(C)c(CO[Si](c2ccccc2)(c2ccccc2)C(C)(C)C)n1COCC[Si](C)(C)C. The lowest BCUT2D eigenvalue weighted by Gasteiger charge is -2.43. The molecule has 0 radical (unpaired) electrons. The van der Waals surface area contributed by atoms with Crippen molar-refractivity contribution in [1.29, 1.82) is 0 Å². The van der Waals surface area contributed by atoms with Gasteiger partial charge in [-0.2, -0.15) is 0 Å². The van der Waals surface area contributed by atoms with Crippen molar-refractivity contribution in [3.05, 3.63) is 77.9 Å². The topological polar surface area (TPSA) is 53.3 Å². The molecule has 0 fully saturated rings. The Bertz CT molecular complexity index is 1110. The maximum Gasteiger partial charge on any atom is 0.261 e. The molecule has 0 spiro atoms. The molecule has 2 aromatic carbocycles. The van der Waals surface area contributed by atoms with Gasteiger partial charge < -0.3 is 9.16 Å². The number of ketones is 1. The first kappa shape index (κ1) is 28.2. The number of imidazole rings is 1. The van der Waals surface area contributed by atoms with Crippen molar-refractivity contribution in [2.24, 2.45) is 0 Å². The van der Waals surface area contributed by atoms with Gasteiger partial charge in [-0.05, 0) is 28.4 Å². The number of carbonyl (C=O) groups is 1. The zero-order chi connectivity index (χ0) is 26.6. The number of Topliss-reactive ketones (excluding diaryl/α,β-unsaturated/α-hetero) is 1. The minimum atomic E-state index is -2.72. The van der Waals surface area contributed by atoms with Gasteiger partial charge in [-0.15, -0.1) is 0 Å². The van der Waals surface area contributed by atoms with Gasteiger partial charge in [0.05, 0.1) is 18.0 Å². The predicted molar refractivity (Wildman–Crippen MR) is 153 cm³/mol. The molecular weight excluding hydrogens is 481 g/mol. The zero-order valence-electron chi connectivity index (χ0n) is 23.2. The van der Waals surface area contributed by atoms with Crippen LogP contribution in [0, 0.1) is 6.92 Å². The quantitative estimate of drug-likeness (QED) is 0.182. The van der Waals surface area contributed by atoms with Gasteiger partial charge in [0, 0.05) is 21.6 Å². The van der Waals surface area contributed by atoms with Gasteiger partial charge in [0.25, 0.3) is 8.32 Å². The highest BCUT2D eigenvalue weighted by atomic mass is 28.4. The summed E-state index contributed by atoms with van der Waals surface area (Å²) in [5.41, 5.74) is 1.72. The van der Waals surface area contributed by atoms with Gasteiger partial charge in [-0.3, -0.25) is 9.36 Å². The van der Waals surface area contributed by atoms with E-state index in [0.717, 1.165) is 17.4 Å². The summed E-state index contributed by atoms with van der Waals surface area (Å²) in [5.74, 6) is 0.366. The average Bonchev–Trinajstić information content (AvgIpc) is 3.12. The number of hydrogen-bond donors (Lipinski definition) is 0. The lowest BCUT2D eigenvalue weighted by atomic mass is 10.2. The molecule has 0 aliphatic carbocycles. The third-order valence-electron chi connectivity index (χ3n) is 6.65. The van der Waals surface area contributed by atoms with Gasteiger partial charge in [0.15, 0.2) is 11.6 Å². The summed E-state index contributed by atoms with van der Waals surface area (Å²) in [7, 11) is -3.93. The second-order valence-electron chi connectivity index (χ2n) is 11.8. The van der Waals surface area contributed by atoms with Crippen LogP contribution in [0.15, 0.2) is 60.7 Å². The maximum absolute atomic E-state index is 12.5. The van der Waals surface area contributed by atoms with E-state index in [2.05, 4.69) is 93.9 Å². The lowest BCUT2D eigenvalue weighted by Crippen LogP contribution is -2.66. The Morgan fingerprint density at radius 1 is 0.944 bits per heavy atom. The number of rotatable bonds is 11. The third kappa shape index (κ3) is 6.32. The van der Waals surface area contributed by atoms with E-state index in [-0.39, 0.29) is 10.8 Å². The fourth-order valence-electron chi connectivity index (χ4n) is 4.67. The number of hydrogen-bond acceptors (Lipinski definition) is 4. The summed E-state index contributed by atoms with van der Waals surface area (Å²) in [6.07, 6.45) is 0. The Kier molecular flexibility index (Phi) is 8.93. The molecule has 3 rings (SSSR count). The molecule has 0 atom stereocenters. The van der Waals surface area contributed by atoms with Gasteiger partial charge in [-0.25, -0.2) is 4.98 Å². The number of aryl methyl sites for hydroxylation is 1. The fraction of sp³-hybridized carbons (Fsp3) is 0.448. The number of carbonyl (C=O) groups excluding carboxylic acids is 1. The Labute approximate surface area is 219 Å². The Hall–Kier alpha value is -2.33. The second-order valence-corrected chi connectivity index (χ2v) is 21.7. The largest absolute Gasteiger partial charge is 0.402 e. The molecule has 3 aromatic rings. The Morgan fingerprint density at radius 3 is 1.92 bits per heavy atom. The van der Waals surface area contributed by atoms with Crippen LogP contribution in [0.2, 0.25) is 30.7 Å². The first-order valence-corrected chi connectivity index (χ1v) is 18.4. The summed E-state index contributed by atoms with van der Waals surface area (Å²) in [6, 6.07) is 22.3. The number of aromatic nitrogens is 2. The molecular formula is C29H42N2O3Si2. The van der Waals surface area contributed by atoms with Crippen molar-refractivity contribution in [2.75, 3.05) is 6.61 Å². The van der Waals surface area contributed by atoms with E-state index >= 15 is 0 Å². The standard InChI is InChI=1S/C29H42N2O3Si2/c1-23-27(31(28(30-23)24(2)32)22-33-19-20-35(6,7)8)21-34-36(29(3,4)5,25-15-11-9-12-16-25)26-17-13-10-14-18-26/h9-18H,19-22H2,1-8H3. The summed E-state index contributed by atoms with van der Waals surface area (Å²) in [4.78, 5) is 17.1. The van der Waals surface area contributed by atoms with Gasteiger partial charge in [-0.1, -0.05) is 101 Å². The normalized spacial score (nSPS) is 12.7. The van der Waals surface area contributed by atoms with Crippen LogP contribution >= 0.6 is 0 Å². The van der Waals surface area contributed by atoms with E-state index in [9.17, 15) is 4.79 Å². The highest BCUT2D eigenvalue weighted by Crippen LogP contribution is 2.37. The van der Waals surface area contributed by atoms with Crippen LogP contribution in [0.3, 0.4) is 0 Å². The van der Waals surface area contributed by atoms with Crippen LogP contribution in [0.5, 0.6) is 0 Å². The molecule has 0 N–H and O–H groups in total. The summed E-state index contributed by atoms with van der Waals surface area (Å²) in [5, 5.41) is 2.32.